The molecule has 1 saturated carbocycles. The van der Waals surface area contributed by atoms with E-state index in [0.717, 1.165) is 12.8 Å². The number of amides is 1. The summed E-state index contributed by atoms with van der Waals surface area (Å²) in [7, 11) is 1.85. The second-order valence-electron chi connectivity index (χ2n) is 5.40. The minimum absolute atomic E-state index is 0.0145. The van der Waals surface area contributed by atoms with Crippen LogP contribution in [0.3, 0.4) is 0 Å². The number of nitrogens with one attached hydrogen (secondary N) is 2. The van der Waals surface area contributed by atoms with E-state index >= 15 is 0 Å². The quantitative estimate of drug-likeness (QED) is 0.648. The van der Waals surface area contributed by atoms with Gasteiger partial charge in [0.15, 0.2) is 0 Å². The number of carbonyl (C=O) groups is 1. The van der Waals surface area contributed by atoms with Crippen LogP contribution in [0.25, 0.3) is 0 Å². The van der Waals surface area contributed by atoms with Gasteiger partial charge in [-0.1, -0.05) is 26.2 Å². The van der Waals surface area contributed by atoms with Gasteiger partial charge in [0, 0.05) is 24.4 Å². The molecule has 3 N–H and O–H groups in total. The SMILES string of the molecule is CNCC(C)C(=O)NCC1(CO)CCCCC1. The van der Waals surface area contributed by atoms with Crippen molar-refractivity contribution < 1.29 is 9.90 Å². The smallest absolute Gasteiger partial charge is 0.224 e. The number of aliphatic hydroxyl groups excluding tert-OH is 1. The standard InChI is InChI=1S/C13H26N2O2/c1-11(8-14-2)12(17)15-9-13(10-16)6-4-3-5-7-13/h11,14,16H,3-10H2,1-2H3,(H,15,17). The van der Waals surface area contributed by atoms with E-state index in [1.165, 1.54) is 19.3 Å². The highest BCUT2D eigenvalue weighted by Crippen LogP contribution is 2.35. The summed E-state index contributed by atoms with van der Waals surface area (Å²) in [6, 6.07) is 0. The van der Waals surface area contributed by atoms with Gasteiger partial charge in [-0.3, -0.25) is 4.79 Å². The summed E-state index contributed by atoms with van der Waals surface area (Å²) in [4.78, 5) is 11.8. The molecule has 17 heavy (non-hydrogen) atoms. The molecule has 1 rings (SSSR count). The minimum atomic E-state index is -0.0622. The van der Waals surface area contributed by atoms with Gasteiger partial charge in [0.1, 0.15) is 0 Å². The fourth-order valence-corrected chi connectivity index (χ4v) is 2.54. The zero-order chi connectivity index (χ0) is 12.7. The Morgan fingerprint density at radius 1 is 1.35 bits per heavy atom. The largest absolute Gasteiger partial charge is 0.396 e. The molecule has 0 saturated heterocycles. The lowest BCUT2D eigenvalue weighted by atomic mass is 9.74. The molecule has 1 unspecified atom stereocenters. The third-order valence-electron chi connectivity index (χ3n) is 3.85. The van der Waals surface area contributed by atoms with Gasteiger partial charge < -0.3 is 15.7 Å². The fraction of sp³-hybridized carbons (Fsp3) is 0.923. The van der Waals surface area contributed by atoms with E-state index in [0.29, 0.717) is 13.1 Å². The predicted octanol–water partition coefficient (Wildman–Crippen LogP) is 0.901. The summed E-state index contributed by atoms with van der Waals surface area (Å²) in [5.74, 6) is 0.0667. The van der Waals surface area contributed by atoms with Crippen LogP contribution >= 0.6 is 0 Å². The highest BCUT2D eigenvalue weighted by molar-refractivity contribution is 5.78. The molecular formula is C13H26N2O2. The van der Waals surface area contributed by atoms with E-state index in [2.05, 4.69) is 10.6 Å². The number of hydrogen-bond acceptors (Lipinski definition) is 3. The molecular weight excluding hydrogens is 216 g/mol. The van der Waals surface area contributed by atoms with Gasteiger partial charge in [-0.05, 0) is 19.9 Å². The van der Waals surface area contributed by atoms with Crippen LogP contribution in [0, 0.1) is 11.3 Å². The molecule has 4 nitrogen and oxygen atoms in total. The van der Waals surface area contributed by atoms with Gasteiger partial charge in [-0.15, -0.1) is 0 Å². The Morgan fingerprint density at radius 3 is 2.53 bits per heavy atom. The molecule has 0 spiro atoms. The molecule has 1 aliphatic carbocycles. The van der Waals surface area contributed by atoms with E-state index in [1.54, 1.807) is 0 Å². The normalized spacial score (nSPS) is 20.9. The van der Waals surface area contributed by atoms with Crippen molar-refractivity contribution >= 4 is 5.91 Å². The second kappa shape index (κ2) is 6.97. The third-order valence-corrected chi connectivity index (χ3v) is 3.85. The maximum Gasteiger partial charge on any atom is 0.224 e. The lowest BCUT2D eigenvalue weighted by Gasteiger charge is -2.36. The molecule has 0 radical (unpaired) electrons. The maximum absolute atomic E-state index is 11.8. The molecule has 0 bridgehead atoms. The van der Waals surface area contributed by atoms with E-state index in [1.807, 2.05) is 14.0 Å². The van der Waals surface area contributed by atoms with Crippen LogP contribution in [0.4, 0.5) is 0 Å². The van der Waals surface area contributed by atoms with Crippen molar-refractivity contribution in [1.29, 1.82) is 0 Å². The van der Waals surface area contributed by atoms with Crippen molar-refractivity contribution in [1.82, 2.24) is 10.6 Å². The number of aliphatic hydroxyl groups is 1. The summed E-state index contributed by atoms with van der Waals surface area (Å²) >= 11 is 0. The molecule has 0 aromatic rings. The van der Waals surface area contributed by atoms with E-state index in [-0.39, 0.29) is 23.8 Å². The average Bonchev–Trinajstić information content (AvgIpc) is 2.37. The van der Waals surface area contributed by atoms with Gasteiger partial charge in [-0.25, -0.2) is 0 Å². The molecule has 1 amide bonds. The average molecular weight is 242 g/mol. The van der Waals surface area contributed by atoms with Gasteiger partial charge in [0.05, 0.1) is 6.61 Å². The van der Waals surface area contributed by atoms with Crippen LogP contribution in [0.15, 0.2) is 0 Å². The van der Waals surface area contributed by atoms with Crippen LogP contribution in [0.2, 0.25) is 0 Å². The van der Waals surface area contributed by atoms with Crippen LogP contribution in [-0.2, 0) is 4.79 Å². The molecule has 100 valence electrons. The first kappa shape index (κ1) is 14.5. The summed E-state index contributed by atoms with van der Waals surface area (Å²) in [6.45, 7) is 3.42. The van der Waals surface area contributed by atoms with Crippen molar-refractivity contribution in [2.24, 2.45) is 11.3 Å². The van der Waals surface area contributed by atoms with Gasteiger partial charge in [-0.2, -0.15) is 0 Å². The van der Waals surface area contributed by atoms with Crippen molar-refractivity contribution in [3.05, 3.63) is 0 Å². The number of hydrogen-bond donors (Lipinski definition) is 3. The molecule has 1 aliphatic rings. The lowest BCUT2D eigenvalue weighted by molar-refractivity contribution is -0.125. The third kappa shape index (κ3) is 4.28. The van der Waals surface area contributed by atoms with Crippen LogP contribution in [-0.4, -0.2) is 37.8 Å². The lowest BCUT2D eigenvalue weighted by Crippen LogP contribution is -2.44. The first-order valence-electron chi connectivity index (χ1n) is 6.67. The Morgan fingerprint density at radius 2 is 2.00 bits per heavy atom. The second-order valence-corrected chi connectivity index (χ2v) is 5.40. The summed E-state index contributed by atoms with van der Waals surface area (Å²) in [5.41, 5.74) is -0.0622. The van der Waals surface area contributed by atoms with Crippen LogP contribution < -0.4 is 10.6 Å². The summed E-state index contributed by atoms with van der Waals surface area (Å²) in [5, 5.41) is 15.5. The molecule has 0 aromatic carbocycles. The minimum Gasteiger partial charge on any atom is -0.396 e. The maximum atomic E-state index is 11.8. The number of carbonyl (C=O) groups excluding carboxylic acids is 1. The van der Waals surface area contributed by atoms with Crippen molar-refractivity contribution in [2.75, 3.05) is 26.7 Å². The first-order chi connectivity index (χ1) is 8.13. The molecule has 0 aromatic heterocycles. The van der Waals surface area contributed by atoms with E-state index < -0.39 is 0 Å². The Kier molecular flexibility index (Phi) is 5.92. The van der Waals surface area contributed by atoms with Crippen molar-refractivity contribution in [2.45, 2.75) is 39.0 Å². The van der Waals surface area contributed by atoms with Crippen molar-refractivity contribution in [3.8, 4) is 0 Å². The zero-order valence-corrected chi connectivity index (χ0v) is 11.1. The molecule has 0 heterocycles. The van der Waals surface area contributed by atoms with Gasteiger partial charge in [0.2, 0.25) is 5.91 Å². The Labute approximate surface area is 104 Å². The van der Waals surface area contributed by atoms with Gasteiger partial charge >= 0.3 is 0 Å². The van der Waals surface area contributed by atoms with E-state index in [4.69, 9.17) is 0 Å². The monoisotopic (exact) mass is 242 g/mol. The predicted molar refractivity (Wildman–Crippen MR) is 68.7 cm³/mol. The highest BCUT2D eigenvalue weighted by Gasteiger charge is 2.32. The number of rotatable bonds is 6. The Balaban J connectivity index is 2.39. The Hall–Kier alpha value is -0.610. The topological polar surface area (TPSA) is 61.4 Å². The van der Waals surface area contributed by atoms with Crippen LogP contribution in [0.1, 0.15) is 39.0 Å². The van der Waals surface area contributed by atoms with E-state index in [9.17, 15) is 9.90 Å². The molecule has 4 heteroatoms. The first-order valence-corrected chi connectivity index (χ1v) is 6.67. The summed E-state index contributed by atoms with van der Waals surface area (Å²) in [6.07, 6.45) is 5.66. The zero-order valence-electron chi connectivity index (χ0n) is 11.1. The van der Waals surface area contributed by atoms with Gasteiger partial charge in [0.25, 0.3) is 0 Å². The fourth-order valence-electron chi connectivity index (χ4n) is 2.54. The summed E-state index contributed by atoms with van der Waals surface area (Å²) < 4.78 is 0. The van der Waals surface area contributed by atoms with Crippen LogP contribution in [0.5, 0.6) is 0 Å². The highest BCUT2D eigenvalue weighted by atomic mass is 16.3. The Bertz CT molecular complexity index is 238. The molecule has 1 atom stereocenters. The van der Waals surface area contributed by atoms with Crippen molar-refractivity contribution in [3.63, 3.8) is 0 Å². The molecule has 1 fully saturated rings. The molecule has 0 aliphatic heterocycles.